The van der Waals surface area contributed by atoms with Crippen LogP contribution in [0, 0.1) is 52.3 Å². The summed E-state index contributed by atoms with van der Waals surface area (Å²) in [5.74, 6) is 4.97. The van der Waals surface area contributed by atoms with Crippen molar-refractivity contribution in [3.8, 4) is 0 Å². The number of nitrogens with one attached hydrogen (secondary N) is 1. The minimum atomic E-state index is -0.135. The maximum absolute atomic E-state index is 11.3. The topological polar surface area (TPSA) is 52.5 Å². The molecule has 0 bridgehead atoms. The molecule has 0 radical (unpaired) electrons. The zero-order chi connectivity index (χ0) is 21.1. The van der Waals surface area contributed by atoms with Crippen molar-refractivity contribution >= 4 is 0 Å². The molecule has 2 unspecified atom stereocenters. The highest BCUT2D eigenvalue weighted by Crippen LogP contribution is 2.68. The van der Waals surface area contributed by atoms with Gasteiger partial charge in [-0.3, -0.25) is 0 Å². The highest BCUT2D eigenvalue weighted by Gasteiger charge is 2.61. The molecule has 4 saturated carbocycles. The average molecular weight is 418 g/mol. The van der Waals surface area contributed by atoms with Gasteiger partial charge in [0.2, 0.25) is 0 Å². The summed E-state index contributed by atoms with van der Waals surface area (Å²) in [5.41, 5.74) is 0.904. The van der Waals surface area contributed by atoms with Crippen LogP contribution in [0.2, 0.25) is 0 Å². The molecule has 0 aromatic carbocycles. The van der Waals surface area contributed by atoms with Gasteiger partial charge in [0.15, 0.2) is 0 Å². The number of aliphatic hydroxyl groups is 2. The van der Waals surface area contributed by atoms with Crippen LogP contribution in [0.5, 0.6) is 0 Å². The van der Waals surface area contributed by atoms with Crippen LogP contribution >= 0.6 is 0 Å². The van der Waals surface area contributed by atoms with Crippen LogP contribution in [-0.4, -0.2) is 35.5 Å². The predicted molar refractivity (Wildman–Crippen MR) is 122 cm³/mol. The molecule has 5 aliphatic rings. The van der Waals surface area contributed by atoms with Crippen molar-refractivity contribution in [3.63, 3.8) is 0 Å². The second kappa shape index (κ2) is 8.03. The van der Waals surface area contributed by atoms with Crippen LogP contribution in [0.15, 0.2) is 0 Å². The molecule has 1 aliphatic heterocycles. The highest BCUT2D eigenvalue weighted by atomic mass is 16.3. The Morgan fingerprint density at radius 2 is 1.67 bits per heavy atom. The molecule has 1 heterocycles. The van der Waals surface area contributed by atoms with E-state index in [2.05, 4.69) is 26.1 Å². The van der Waals surface area contributed by atoms with Crippen LogP contribution in [0.25, 0.3) is 0 Å². The summed E-state index contributed by atoms with van der Waals surface area (Å²) >= 11 is 0. The molecule has 0 spiro atoms. The average Bonchev–Trinajstić information content (AvgIpc) is 3.11. The van der Waals surface area contributed by atoms with Crippen molar-refractivity contribution in [1.82, 2.24) is 5.32 Å². The fourth-order valence-electron chi connectivity index (χ4n) is 9.98. The van der Waals surface area contributed by atoms with Crippen LogP contribution in [-0.2, 0) is 0 Å². The van der Waals surface area contributed by atoms with Gasteiger partial charge in [0.05, 0.1) is 12.2 Å². The molecule has 5 fully saturated rings. The van der Waals surface area contributed by atoms with Gasteiger partial charge in [-0.05, 0) is 129 Å². The molecule has 4 aliphatic carbocycles. The maximum Gasteiger partial charge on any atom is 0.0608 e. The number of fused-ring (bicyclic) bond motifs is 5. The van der Waals surface area contributed by atoms with Gasteiger partial charge in [-0.15, -0.1) is 0 Å². The summed E-state index contributed by atoms with van der Waals surface area (Å²) in [7, 11) is 0. The summed E-state index contributed by atoms with van der Waals surface area (Å²) in [5, 5.41) is 25.1. The van der Waals surface area contributed by atoms with Crippen molar-refractivity contribution in [1.29, 1.82) is 0 Å². The molecule has 172 valence electrons. The van der Waals surface area contributed by atoms with E-state index in [1.807, 2.05) is 0 Å². The van der Waals surface area contributed by atoms with Gasteiger partial charge in [-0.25, -0.2) is 0 Å². The second-order valence-electron chi connectivity index (χ2n) is 12.8. The smallest absolute Gasteiger partial charge is 0.0608 e. The Bertz CT molecular complexity index is 618. The molecule has 0 aromatic heterocycles. The SMILES string of the molecule is C[C@H]([C@H](O)C1CCCNC1)[C@H]1CC[C@H]2[C@@H]3CCC4C[C@@H](O)CC[C@]4(C)[C@H]3CC[C@]12C. The standard InChI is InChI=1S/C27H47NO2/c1-17(25(30)18-5-4-14-28-16-18)22-8-9-23-21-7-6-19-15-20(29)10-12-26(19,2)24(21)11-13-27(22,23)3/h17-25,28-30H,4-16H2,1-3H3/t17-,18?,19?,20-,21-,22+,23-,24-,25-,26-,27+/m0/s1. The lowest BCUT2D eigenvalue weighted by Crippen LogP contribution is -2.54. The van der Waals surface area contributed by atoms with Crippen molar-refractivity contribution in [2.45, 2.75) is 104 Å². The Kier molecular flexibility index (Phi) is 5.81. The summed E-state index contributed by atoms with van der Waals surface area (Å²) < 4.78 is 0. The van der Waals surface area contributed by atoms with Gasteiger partial charge in [0.25, 0.3) is 0 Å². The second-order valence-corrected chi connectivity index (χ2v) is 12.8. The maximum atomic E-state index is 11.3. The highest BCUT2D eigenvalue weighted by molar-refractivity contribution is 5.10. The first-order chi connectivity index (χ1) is 14.3. The zero-order valence-corrected chi connectivity index (χ0v) is 19.8. The molecule has 3 N–H and O–H groups in total. The van der Waals surface area contributed by atoms with Gasteiger partial charge in [0, 0.05) is 6.54 Å². The van der Waals surface area contributed by atoms with Crippen molar-refractivity contribution in [2.75, 3.05) is 13.1 Å². The third kappa shape index (κ3) is 3.32. The van der Waals surface area contributed by atoms with Gasteiger partial charge in [-0.1, -0.05) is 20.8 Å². The Balaban J connectivity index is 1.33. The minimum absolute atomic E-state index is 0.0408. The Morgan fingerprint density at radius 1 is 0.900 bits per heavy atom. The Morgan fingerprint density at radius 3 is 2.43 bits per heavy atom. The molecular formula is C27H47NO2. The van der Waals surface area contributed by atoms with Crippen molar-refractivity contribution in [3.05, 3.63) is 0 Å². The first kappa shape index (κ1) is 21.7. The van der Waals surface area contributed by atoms with Crippen LogP contribution < -0.4 is 5.32 Å². The molecule has 0 aromatic rings. The molecule has 1 saturated heterocycles. The van der Waals surface area contributed by atoms with Crippen molar-refractivity contribution in [2.24, 2.45) is 52.3 Å². The quantitative estimate of drug-likeness (QED) is 0.605. The predicted octanol–water partition coefficient (Wildman–Crippen LogP) is 5.00. The van der Waals surface area contributed by atoms with E-state index in [1.165, 1.54) is 57.8 Å². The lowest BCUT2D eigenvalue weighted by molar-refractivity contribution is -0.133. The lowest BCUT2D eigenvalue weighted by atomic mass is 9.44. The van der Waals surface area contributed by atoms with E-state index in [9.17, 15) is 10.2 Å². The summed E-state index contributed by atoms with van der Waals surface area (Å²) in [6.45, 7) is 9.73. The molecule has 3 nitrogen and oxygen atoms in total. The number of rotatable bonds is 3. The van der Waals surface area contributed by atoms with Gasteiger partial charge < -0.3 is 15.5 Å². The minimum Gasteiger partial charge on any atom is -0.393 e. The number of hydrogen-bond acceptors (Lipinski definition) is 3. The zero-order valence-electron chi connectivity index (χ0n) is 19.8. The van der Waals surface area contributed by atoms with Gasteiger partial charge in [-0.2, -0.15) is 0 Å². The van der Waals surface area contributed by atoms with Crippen LogP contribution in [0.3, 0.4) is 0 Å². The van der Waals surface area contributed by atoms with E-state index in [1.54, 1.807) is 0 Å². The fraction of sp³-hybridized carbons (Fsp3) is 1.00. The number of piperidine rings is 1. The molecule has 11 atom stereocenters. The third-order valence-corrected chi connectivity index (χ3v) is 11.7. The first-order valence-corrected chi connectivity index (χ1v) is 13.4. The lowest BCUT2D eigenvalue weighted by Gasteiger charge is -2.61. The van der Waals surface area contributed by atoms with E-state index >= 15 is 0 Å². The fourth-order valence-corrected chi connectivity index (χ4v) is 9.98. The molecule has 30 heavy (non-hydrogen) atoms. The van der Waals surface area contributed by atoms with Crippen molar-refractivity contribution < 1.29 is 10.2 Å². The molecule has 5 rings (SSSR count). The van der Waals surface area contributed by atoms with E-state index in [0.29, 0.717) is 28.6 Å². The van der Waals surface area contributed by atoms with E-state index < -0.39 is 0 Å². The summed E-state index contributed by atoms with van der Waals surface area (Å²) in [6, 6.07) is 0. The monoisotopic (exact) mass is 417 g/mol. The molecule has 0 amide bonds. The first-order valence-electron chi connectivity index (χ1n) is 13.4. The van der Waals surface area contributed by atoms with E-state index in [0.717, 1.165) is 49.6 Å². The molecule has 3 heteroatoms. The van der Waals surface area contributed by atoms with E-state index in [-0.39, 0.29) is 12.2 Å². The van der Waals surface area contributed by atoms with Crippen LogP contribution in [0.4, 0.5) is 0 Å². The summed E-state index contributed by atoms with van der Waals surface area (Å²) in [6.07, 6.45) is 13.8. The van der Waals surface area contributed by atoms with Gasteiger partial charge in [0.1, 0.15) is 0 Å². The Hall–Kier alpha value is -0.120. The largest absolute Gasteiger partial charge is 0.393 e. The third-order valence-electron chi connectivity index (χ3n) is 11.7. The van der Waals surface area contributed by atoms with Gasteiger partial charge >= 0.3 is 0 Å². The molecular weight excluding hydrogens is 370 g/mol. The number of aliphatic hydroxyl groups excluding tert-OH is 2. The van der Waals surface area contributed by atoms with Crippen LogP contribution in [0.1, 0.15) is 91.4 Å². The number of hydrogen-bond donors (Lipinski definition) is 3. The normalized spacial score (nSPS) is 53.3. The van der Waals surface area contributed by atoms with E-state index in [4.69, 9.17) is 0 Å². The Labute approximate surface area is 184 Å². The summed E-state index contributed by atoms with van der Waals surface area (Å²) in [4.78, 5) is 0.